The first-order chi connectivity index (χ1) is 8.08. The van der Waals surface area contributed by atoms with E-state index in [1.165, 1.54) is 24.8 Å². The minimum Gasteiger partial charge on any atom is -0.389 e. The fourth-order valence-corrected chi connectivity index (χ4v) is 2.46. The van der Waals surface area contributed by atoms with Gasteiger partial charge < -0.3 is 11.1 Å². The maximum atomic E-state index is 5.77. The van der Waals surface area contributed by atoms with E-state index in [0.717, 1.165) is 17.2 Å². The molecule has 0 aromatic heterocycles. The standard InChI is InChI=1S/C14H20N2S/c1-9-6-7-13(12(8-9)14(15)17)16-10(2)11-4-3-5-11/h6-8,10-11,16H,3-5H2,1-2H3,(H2,15,17). The van der Waals surface area contributed by atoms with E-state index in [4.69, 9.17) is 18.0 Å². The summed E-state index contributed by atoms with van der Waals surface area (Å²) in [5, 5.41) is 3.55. The third-order valence-electron chi connectivity index (χ3n) is 3.68. The van der Waals surface area contributed by atoms with Gasteiger partial charge in [-0.1, -0.05) is 30.3 Å². The highest BCUT2D eigenvalue weighted by molar-refractivity contribution is 7.80. The van der Waals surface area contributed by atoms with Crippen molar-refractivity contribution in [1.82, 2.24) is 0 Å². The zero-order valence-corrected chi connectivity index (χ0v) is 11.3. The first-order valence-corrected chi connectivity index (χ1v) is 6.65. The third kappa shape index (κ3) is 2.78. The van der Waals surface area contributed by atoms with E-state index < -0.39 is 0 Å². The molecule has 1 unspecified atom stereocenters. The van der Waals surface area contributed by atoms with Crippen LogP contribution in [-0.4, -0.2) is 11.0 Å². The topological polar surface area (TPSA) is 38.0 Å². The molecule has 0 saturated heterocycles. The Hall–Kier alpha value is -1.09. The van der Waals surface area contributed by atoms with Gasteiger partial charge in [-0.15, -0.1) is 0 Å². The molecule has 17 heavy (non-hydrogen) atoms. The number of hydrogen-bond donors (Lipinski definition) is 2. The molecule has 1 saturated carbocycles. The summed E-state index contributed by atoms with van der Waals surface area (Å²) in [6.07, 6.45) is 4.04. The Balaban J connectivity index is 2.16. The van der Waals surface area contributed by atoms with Crippen LogP contribution in [0.3, 0.4) is 0 Å². The van der Waals surface area contributed by atoms with Crippen molar-refractivity contribution < 1.29 is 0 Å². The summed E-state index contributed by atoms with van der Waals surface area (Å²) < 4.78 is 0. The second kappa shape index (κ2) is 5.05. The number of benzene rings is 1. The van der Waals surface area contributed by atoms with E-state index in [-0.39, 0.29) is 0 Å². The maximum Gasteiger partial charge on any atom is 0.106 e. The van der Waals surface area contributed by atoms with Crippen LogP contribution in [0.4, 0.5) is 5.69 Å². The molecule has 1 atom stereocenters. The molecule has 1 aromatic carbocycles. The van der Waals surface area contributed by atoms with Crippen LogP contribution in [0, 0.1) is 12.8 Å². The molecule has 3 N–H and O–H groups in total. The number of nitrogens with one attached hydrogen (secondary N) is 1. The van der Waals surface area contributed by atoms with Gasteiger partial charge in [0.25, 0.3) is 0 Å². The number of rotatable bonds is 4. The second-order valence-corrected chi connectivity index (χ2v) is 5.48. The van der Waals surface area contributed by atoms with Crippen LogP contribution < -0.4 is 11.1 Å². The van der Waals surface area contributed by atoms with Crippen molar-refractivity contribution >= 4 is 22.9 Å². The normalized spacial score (nSPS) is 17.3. The molecule has 0 spiro atoms. The van der Waals surface area contributed by atoms with Crippen LogP contribution in [0.2, 0.25) is 0 Å². The maximum absolute atomic E-state index is 5.77. The molecule has 1 fully saturated rings. The zero-order valence-electron chi connectivity index (χ0n) is 10.5. The van der Waals surface area contributed by atoms with Crippen molar-refractivity contribution in [3.05, 3.63) is 29.3 Å². The van der Waals surface area contributed by atoms with Crippen molar-refractivity contribution in [2.24, 2.45) is 11.7 Å². The molecule has 92 valence electrons. The average Bonchev–Trinajstić information content (AvgIpc) is 2.17. The van der Waals surface area contributed by atoms with E-state index in [1.807, 2.05) is 0 Å². The van der Waals surface area contributed by atoms with Gasteiger partial charge in [0.05, 0.1) is 0 Å². The van der Waals surface area contributed by atoms with E-state index in [2.05, 4.69) is 37.4 Å². The van der Waals surface area contributed by atoms with Gasteiger partial charge >= 0.3 is 0 Å². The van der Waals surface area contributed by atoms with Gasteiger partial charge in [-0.25, -0.2) is 0 Å². The molecule has 2 rings (SSSR count). The smallest absolute Gasteiger partial charge is 0.106 e. The van der Waals surface area contributed by atoms with Crippen LogP contribution in [-0.2, 0) is 0 Å². The van der Waals surface area contributed by atoms with Gasteiger partial charge in [-0.2, -0.15) is 0 Å². The highest BCUT2D eigenvalue weighted by Gasteiger charge is 2.24. The highest BCUT2D eigenvalue weighted by Crippen LogP contribution is 2.31. The summed E-state index contributed by atoms with van der Waals surface area (Å²) in [6, 6.07) is 6.73. The van der Waals surface area contributed by atoms with E-state index in [0.29, 0.717) is 11.0 Å². The number of aryl methyl sites for hydroxylation is 1. The molecular formula is C14H20N2S. The van der Waals surface area contributed by atoms with Gasteiger partial charge in [-0.05, 0) is 44.7 Å². The lowest BCUT2D eigenvalue weighted by atomic mass is 9.80. The van der Waals surface area contributed by atoms with E-state index in [9.17, 15) is 0 Å². The van der Waals surface area contributed by atoms with Crippen molar-refractivity contribution in [1.29, 1.82) is 0 Å². The minimum atomic E-state index is 0.469. The fourth-order valence-electron chi connectivity index (χ4n) is 2.29. The summed E-state index contributed by atoms with van der Waals surface area (Å²) in [4.78, 5) is 0.469. The monoisotopic (exact) mass is 248 g/mol. The number of thiocarbonyl (C=S) groups is 1. The summed E-state index contributed by atoms with van der Waals surface area (Å²) in [6.45, 7) is 4.30. The number of hydrogen-bond acceptors (Lipinski definition) is 2. The SMILES string of the molecule is Cc1ccc(NC(C)C2CCC2)c(C(N)=S)c1. The predicted octanol–water partition coefficient (Wildman–Crippen LogP) is 3.23. The van der Waals surface area contributed by atoms with Crippen molar-refractivity contribution in [3.8, 4) is 0 Å². The molecule has 1 aromatic rings. The summed E-state index contributed by atoms with van der Waals surface area (Å²) in [5.74, 6) is 0.801. The number of anilines is 1. The Kier molecular flexibility index (Phi) is 3.67. The number of nitrogens with two attached hydrogens (primary N) is 1. The first-order valence-electron chi connectivity index (χ1n) is 6.25. The Labute approximate surface area is 109 Å². The minimum absolute atomic E-state index is 0.469. The van der Waals surface area contributed by atoms with Gasteiger partial charge in [0.15, 0.2) is 0 Å². The van der Waals surface area contributed by atoms with Crippen LogP contribution in [0.5, 0.6) is 0 Å². The van der Waals surface area contributed by atoms with Crippen LogP contribution >= 0.6 is 12.2 Å². The molecule has 1 aliphatic carbocycles. The first kappa shape index (κ1) is 12.4. The molecule has 2 nitrogen and oxygen atoms in total. The molecule has 3 heteroatoms. The van der Waals surface area contributed by atoms with Crippen LogP contribution in [0.25, 0.3) is 0 Å². The van der Waals surface area contributed by atoms with E-state index >= 15 is 0 Å². The van der Waals surface area contributed by atoms with E-state index in [1.54, 1.807) is 0 Å². The van der Waals surface area contributed by atoms with Gasteiger partial charge in [-0.3, -0.25) is 0 Å². The summed E-state index contributed by atoms with van der Waals surface area (Å²) in [5.41, 5.74) is 9.00. The lowest BCUT2D eigenvalue weighted by Crippen LogP contribution is -2.31. The molecule has 0 bridgehead atoms. The van der Waals surface area contributed by atoms with Crippen LogP contribution in [0.1, 0.15) is 37.3 Å². The Morgan fingerprint density at radius 2 is 2.18 bits per heavy atom. The average molecular weight is 248 g/mol. The Bertz CT molecular complexity index is 424. The zero-order chi connectivity index (χ0) is 12.4. The summed E-state index contributed by atoms with van der Waals surface area (Å²) in [7, 11) is 0. The third-order valence-corrected chi connectivity index (χ3v) is 3.90. The van der Waals surface area contributed by atoms with Crippen molar-refractivity contribution in [3.63, 3.8) is 0 Å². The Morgan fingerprint density at radius 1 is 1.47 bits per heavy atom. The van der Waals surface area contributed by atoms with Gasteiger partial charge in [0.2, 0.25) is 0 Å². The van der Waals surface area contributed by atoms with Crippen molar-refractivity contribution in [2.75, 3.05) is 5.32 Å². The lowest BCUT2D eigenvalue weighted by Gasteiger charge is -2.33. The predicted molar refractivity (Wildman–Crippen MR) is 77.5 cm³/mol. The molecule has 0 radical (unpaired) electrons. The lowest BCUT2D eigenvalue weighted by molar-refractivity contribution is 0.285. The molecule has 0 heterocycles. The fraction of sp³-hybridized carbons (Fsp3) is 0.500. The van der Waals surface area contributed by atoms with Gasteiger partial charge in [0, 0.05) is 17.3 Å². The quantitative estimate of drug-likeness (QED) is 0.803. The molecule has 0 aliphatic heterocycles. The largest absolute Gasteiger partial charge is 0.389 e. The Morgan fingerprint density at radius 3 is 2.71 bits per heavy atom. The molecular weight excluding hydrogens is 228 g/mol. The second-order valence-electron chi connectivity index (χ2n) is 5.04. The van der Waals surface area contributed by atoms with Gasteiger partial charge in [0.1, 0.15) is 4.99 Å². The summed E-state index contributed by atoms with van der Waals surface area (Å²) >= 11 is 5.11. The molecule has 0 amide bonds. The van der Waals surface area contributed by atoms with Crippen LogP contribution in [0.15, 0.2) is 18.2 Å². The highest BCUT2D eigenvalue weighted by atomic mass is 32.1. The van der Waals surface area contributed by atoms with Crippen molar-refractivity contribution in [2.45, 2.75) is 39.2 Å². The molecule has 1 aliphatic rings.